The normalized spacial score (nSPS) is 17.8. The molecule has 146 valence electrons. The van der Waals surface area contributed by atoms with Gasteiger partial charge in [-0.05, 0) is 37.6 Å². The summed E-state index contributed by atoms with van der Waals surface area (Å²) in [5.41, 5.74) is 1.98. The molecular formula is C21H19F4N3. The molecule has 3 aromatic rings. The number of likely N-dealkylation sites (tertiary alicyclic amines) is 1. The highest BCUT2D eigenvalue weighted by molar-refractivity contribution is 5.66. The molecule has 4 rings (SSSR count). The van der Waals surface area contributed by atoms with Crippen molar-refractivity contribution in [3.05, 3.63) is 77.1 Å². The molecule has 0 saturated carbocycles. The van der Waals surface area contributed by atoms with Crippen LogP contribution < -0.4 is 0 Å². The topological polar surface area (TPSA) is 31.9 Å². The standard InChI is InChI=1S/C21H19F4N3/c22-15-6-7-16(19(24)9-15)17-10-26-27-21(17)14-4-2-8-28(12-14)11-13-3-1-5-18(23)20(13)25/h1,3,5-7,9-10,14H,2,4,8,11-12H2,(H,26,27)/t14-/m0/s1. The molecule has 1 aliphatic heterocycles. The van der Waals surface area contributed by atoms with E-state index in [0.717, 1.165) is 37.2 Å². The Kier molecular flexibility index (Phi) is 5.17. The van der Waals surface area contributed by atoms with Gasteiger partial charge in [0, 0.05) is 47.5 Å². The highest BCUT2D eigenvalue weighted by Crippen LogP contribution is 2.34. The molecule has 3 nitrogen and oxygen atoms in total. The van der Waals surface area contributed by atoms with Crippen molar-refractivity contribution >= 4 is 0 Å². The fourth-order valence-corrected chi connectivity index (χ4v) is 3.88. The predicted octanol–water partition coefficient (Wildman–Crippen LogP) is 5.01. The van der Waals surface area contributed by atoms with E-state index in [9.17, 15) is 17.6 Å². The van der Waals surface area contributed by atoms with E-state index in [4.69, 9.17) is 0 Å². The van der Waals surface area contributed by atoms with Crippen molar-refractivity contribution in [2.45, 2.75) is 25.3 Å². The summed E-state index contributed by atoms with van der Waals surface area (Å²) < 4.78 is 54.9. The molecule has 2 heterocycles. The lowest BCUT2D eigenvalue weighted by Gasteiger charge is -2.32. The van der Waals surface area contributed by atoms with E-state index >= 15 is 0 Å². The average molecular weight is 389 g/mol. The van der Waals surface area contributed by atoms with E-state index in [1.54, 1.807) is 6.07 Å². The lowest BCUT2D eigenvalue weighted by Crippen LogP contribution is -2.34. The molecule has 0 spiro atoms. The predicted molar refractivity (Wildman–Crippen MR) is 97.5 cm³/mol. The Morgan fingerprint density at radius 3 is 2.71 bits per heavy atom. The fourth-order valence-electron chi connectivity index (χ4n) is 3.88. The number of aromatic nitrogens is 2. The van der Waals surface area contributed by atoms with Crippen molar-refractivity contribution < 1.29 is 17.6 Å². The van der Waals surface area contributed by atoms with Gasteiger partial charge in [0.15, 0.2) is 11.6 Å². The Hall–Kier alpha value is -2.67. The SMILES string of the molecule is Fc1ccc(-c2cn[nH]c2[C@H]2CCCN(Cc3cccc(F)c3F)C2)c(F)c1. The number of hydrogen-bond donors (Lipinski definition) is 1. The monoisotopic (exact) mass is 389 g/mol. The van der Waals surface area contributed by atoms with Crippen LogP contribution in [0.3, 0.4) is 0 Å². The average Bonchev–Trinajstić information content (AvgIpc) is 3.15. The van der Waals surface area contributed by atoms with Crippen LogP contribution in [0.1, 0.15) is 30.0 Å². The van der Waals surface area contributed by atoms with Crippen LogP contribution in [0.15, 0.2) is 42.6 Å². The first-order valence-corrected chi connectivity index (χ1v) is 9.17. The second-order valence-electron chi connectivity index (χ2n) is 7.11. The van der Waals surface area contributed by atoms with E-state index in [1.807, 2.05) is 0 Å². The number of H-pyrrole nitrogens is 1. The molecule has 28 heavy (non-hydrogen) atoms. The maximum atomic E-state index is 14.2. The van der Waals surface area contributed by atoms with Gasteiger partial charge in [-0.1, -0.05) is 12.1 Å². The quantitative estimate of drug-likeness (QED) is 0.636. The van der Waals surface area contributed by atoms with Gasteiger partial charge in [0.2, 0.25) is 0 Å². The fraction of sp³-hybridized carbons (Fsp3) is 0.286. The highest BCUT2D eigenvalue weighted by Gasteiger charge is 2.26. The summed E-state index contributed by atoms with van der Waals surface area (Å²) in [4.78, 5) is 2.05. The van der Waals surface area contributed by atoms with Crippen LogP contribution in [0.4, 0.5) is 17.6 Å². The van der Waals surface area contributed by atoms with Crippen LogP contribution in [0.2, 0.25) is 0 Å². The summed E-state index contributed by atoms with van der Waals surface area (Å²) in [7, 11) is 0. The van der Waals surface area contributed by atoms with Crippen molar-refractivity contribution in [3.63, 3.8) is 0 Å². The van der Waals surface area contributed by atoms with Crippen LogP contribution in [-0.4, -0.2) is 28.2 Å². The summed E-state index contributed by atoms with van der Waals surface area (Å²) in [5.74, 6) is -2.91. The number of nitrogens with zero attached hydrogens (tertiary/aromatic N) is 2. The number of aromatic amines is 1. The third-order valence-corrected chi connectivity index (χ3v) is 5.23. The minimum atomic E-state index is -0.853. The third-order valence-electron chi connectivity index (χ3n) is 5.23. The number of benzene rings is 2. The number of halogens is 4. The second kappa shape index (κ2) is 7.75. The molecule has 1 fully saturated rings. The van der Waals surface area contributed by atoms with Gasteiger partial charge in [0.25, 0.3) is 0 Å². The number of nitrogens with one attached hydrogen (secondary N) is 1. The summed E-state index contributed by atoms with van der Waals surface area (Å²) in [6.07, 6.45) is 3.27. The molecule has 0 unspecified atom stereocenters. The zero-order valence-electron chi connectivity index (χ0n) is 15.1. The molecule has 1 aromatic heterocycles. The summed E-state index contributed by atoms with van der Waals surface area (Å²) >= 11 is 0. The molecule has 1 saturated heterocycles. The molecule has 7 heteroatoms. The molecule has 0 bridgehead atoms. The largest absolute Gasteiger partial charge is 0.298 e. The Morgan fingerprint density at radius 1 is 1.04 bits per heavy atom. The first kappa shape index (κ1) is 18.7. The van der Waals surface area contributed by atoms with E-state index in [1.165, 1.54) is 24.4 Å². The molecule has 2 aromatic carbocycles. The van der Waals surface area contributed by atoms with Gasteiger partial charge in [-0.3, -0.25) is 10.00 Å². The molecule has 1 aliphatic rings. The van der Waals surface area contributed by atoms with Gasteiger partial charge in [0.05, 0.1) is 6.20 Å². The van der Waals surface area contributed by atoms with Gasteiger partial charge in [-0.2, -0.15) is 5.10 Å². The zero-order valence-corrected chi connectivity index (χ0v) is 15.1. The van der Waals surface area contributed by atoms with Crippen molar-refractivity contribution in [2.24, 2.45) is 0 Å². The zero-order chi connectivity index (χ0) is 19.7. The number of piperidine rings is 1. The smallest absolute Gasteiger partial charge is 0.163 e. The van der Waals surface area contributed by atoms with Crippen LogP contribution in [0.25, 0.3) is 11.1 Å². The van der Waals surface area contributed by atoms with Crippen LogP contribution in [-0.2, 0) is 6.54 Å². The van der Waals surface area contributed by atoms with Gasteiger partial charge < -0.3 is 0 Å². The number of hydrogen-bond acceptors (Lipinski definition) is 2. The Morgan fingerprint density at radius 2 is 1.89 bits per heavy atom. The minimum absolute atomic E-state index is 0.0346. The lowest BCUT2D eigenvalue weighted by molar-refractivity contribution is 0.196. The Bertz CT molecular complexity index is 986. The summed E-state index contributed by atoms with van der Waals surface area (Å²) in [5, 5.41) is 7.01. The van der Waals surface area contributed by atoms with Gasteiger partial charge >= 0.3 is 0 Å². The maximum Gasteiger partial charge on any atom is 0.163 e. The molecule has 0 aliphatic carbocycles. The summed E-state index contributed by atoms with van der Waals surface area (Å²) in [6.45, 7) is 1.67. The van der Waals surface area contributed by atoms with Gasteiger partial charge in [-0.25, -0.2) is 17.6 Å². The maximum absolute atomic E-state index is 14.2. The first-order valence-electron chi connectivity index (χ1n) is 9.17. The molecule has 0 amide bonds. The van der Waals surface area contributed by atoms with Gasteiger partial charge in [0.1, 0.15) is 11.6 Å². The van der Waals surface area contributed by atoms with Crippen LogP contribution in [0.5, 0.6) is 0 Å². The molecule has 1 N–H and O–H groups in total. The van der Waals surface area contributed by atoms with Crippen molar-refractivity contribution in [1.82, 2.24) is 15.1 Å². The first-order chi connectivity index (χ1) is 13.5. The van der Waals surface area contributed by atoms with Crippen molar-refractivity contribution in [2.75, 3.05) is 13.1 Å². The number of rotatable bonds is 4. The minimum Gasteiger partial charge on any atom is -0.298 e. The molecule has 0 radical (unpaired) electrons. The third kappa shape index (κ3) is 3.67. The van der Waals surface area contributed by atoms with E-state index in [0.29, 0.717) is 29.8 Å². The Labute approximate surface area is 160 Å². The van der Waals surface area contributed by atoms with Gasteiger partial charge in [-0.15, -0.1) is 0 Å². The van der Waals surface area contributed by atoms with E-state index in [2.05, 4.69) is 15.1 Å². The molecular weight excluding hydrogens is 370 g/mol. The highest BCUT2D eigenvalue weighted by atomic mass is 19.2. The van der Waals surface area contributed by atoms with E-state index < -0.39 is 23.3 Å². The summed E-state index contributed by atoms with van der Waals surface area (Å²) in [6, 6.07) is 7.66. The van der Waals surface area contributed by atoms with Crippen molar-refractivity contribution in [3.8, 4) is 11.1 Å². The molecule has 1 atom stereocenters. The lowest BCUT2D eigenvalue weighted by atomic mass is 9.90. The Balaban J connectivity index is 1.56. The van der Waals surface area contributed by atoms with Crippen LogP contribution in [0, 0.1) is 23.3 Å². The van der Waals surface area contributed by atoms with E-state index in [-0.39, 0.29) is 5.92 Å². The second-order valence-corrected chi connectivity index (χ2v) is 7.11. The van der Waals surface area contributed by atoms with Crippen molar-refractivity contribution in [1.29, 1.82) is 0 Å². The van der Waals surface area contributed by atoms with Crippen LogP contribution >= 0.6 is 0 Å².